The number of aryl methyl sites for hydroxylation is 1. The molecule has 7 nitrogen and oxygen atoms in total. The minimum absolute atomic E-state index is 0.0712. The number of H-pyrrole nitrogens is 1. The highest BCUT2D eigenvalue weighted by Gasteiger charge is 2.28. The fourth-order valence-corrected chi connectivity index (χ4v) is 3.98. The zero-order valence-corrected chi connectivity index (χ0v) is 14.8. The number of aromatic nitrogens is 2. The molecule has 8 heteroatoms. The second-order valence-electron chi connectivity index (χ2n) is 5.86. The molecule has 0 spiro atoms. The summed E-state index contributed by atoms with van der Waals surface area (Å²) < 4.78 is 25.2. The van der Waals surface area contributed by atoms with Gasteiger partial charge in [0.1, 0.15) is 5.82 Å². The summed E-state index contributed by atoms with van der Waals surface area (Å²) >= 11 is 0. The lowest BCUT2D eigenvalue weighted by molar-refractivity contribution is 0.0698. The Hall–Kier alpha value is -1.93. The topological polar surface area (TPSA) is 86.4 Å². The van der Waals surface area contributed by atoms with E-state index in [0.717, 1.165) is 23.3 Å². The van der Waals surface area contributed by atoms with E-state index in [1.54, 1.807) is 17.9 Å². The van der Waals surface area contributed by atoms with Gasteiger partial charge in [0.25, 0.3) is 5.91 Å². The van der Waals surface area contributed by atoms with Gasteiger partial charge >= 0.3 is 0 Å². The molecular weight excluding hydrogens is 328 g/mol. The molecule has 1 aliphatic heterocycles. The molecule has 2 heterocycles. The van der Waals surface area contributed by atoms with Crippen molar-refractivity contribution in [2.24, 2.45) is 0 Å². The molecule has 1 aromatic heterocycles. The quantitative estimate of drug-likeness (QED) is 0.899. The van der Waals surface area contributed by atoms with E-state index >= 15 is 0 Å². The molecule has 1 fully saturated rings. The van der Waals surface area contributed by atoms with Crippen molar-refractivity contribution in [3.8, 4) is 0 Å². The van der Waals surface area contributed by atoms with Gasteiger partial charge in [-0.1, -0.05) is 6.92 Å². The number of benzene rings is 1. The molecule has 0 saturated carbocycles. The highest BCUT2D eigenvalue weighted by atomic mass is 32.2. The largest absolute Gasteiger partial charge is 0.342 e. The molecule has 1 amide bonds. The van der Waals surface area contributed by atoms with Crippen molar-refractivity contribution in [1.29, 1.82) is 0 Å². The van der Waals surface area contributed by atoms with Crippen molar-refractivity contribution < 1.29 is 13.2 Å². The van der Waals surface area contributed by atoms with Gasteiger partial charge < -0.3 is 9.88 Å². The molecular formula is C16H22N4O3S. The van der Waals surface area contributed by atoms with Crippen LogP contribution >= 0.6 is 0 Å². The van der Waals surface area contributed by atoms with Crippen LogP contribution in [0, 0.1) is 0 Å². The van der Waals surface area contributed by atoms with Gasteiger partial charge in [-0.05, 0) is 25.1 Å². The van der Waals surface area contributed by atoms with E-state index in [1.807, 2.05) is 19.1 Å². The Bertz CT molecular complexity index is 851. The van der Waals surface area contributed by atoms with Crippen molar-refractivity contribution in [3.05, 3.63) is 29.6 Å². The van der Waals surface area contributed by atoms with Crippen LogP contribution in [0.2, 0.25) is 0 Å². The fourth-order valence-electron chi connectivity index (χ4n) is 2.90. The fraction of sp³-hybridized carbons (Fsp3) is 0.500. The number of hydrogen-bond acceptors (Lipinski definition) is 4. The Balaban J connectivity index is 1.73. The molecule has 0 bridgehead atoms. The minimum Gasteiger partial charge on any atom is -0.342 e. The number of aromatic amines is 1. The molecule has 3 rings (SSSR count). The molecule has 1 aliphatic rings. The number of amides is 1. The highest BCUT2D eigenvalue weighted by molar-refractivity contribution is 7.89. The van der Waals surface area contributed by atoms with Crippen molar-refractivity contribution in [1.82, 2.24) is 19.2 Å². The molecule has 2 aromatic rings. The normalized spacial score (nSPS) is 16.7. The summed E-state index contributed by atoms with van der Waals surface area (Å²) in [5, 5.41) is 0. The number of nitrogens with zero attached hydrogens (tertiary/aromatic N) is 3. The Morgan fingerprint density at radius 3 is 2.54 bits per heavy atom. The van der Waals surface area contributed by atoms with E-state index in [4.69, 9.17) is 0 Å². The van der Waals surface area contributed by atoms with Crippen molar-refractivity contribution in [2.45, 2.75) is 20.3 Å². The van der Waals surface area contributed by atoms with Crippen LogP contribution < -0.4 is 0 Å². The van der Waals surface area contributed by atoms with Crippen LogP contribution in [0.5, 0.6) is 0 Å². The number of fused-ring (bicyclic) bond motifs is 1. The molecule has 0 atom stereocenters. The number of imidazole rings is 1. The van der Waals surface area contributed by atoms with E-state index in [9.17, 15) is 13.2 Å². The van der Waals surface area contributed by atoms with E-state index in [2.05, 4.69) is 9.97 Å². The average molecular weight is 350 g/mol. The number of sulfonamides is 1. The van der Waals surface area contributed by atoms with Gasteiger partial charge in [-0.2, -0.15) is 4.31 Å². The predicted octanol–water partition coefficient (Wildman–Crippen LogP) is 1.23. The average Bonchev–Trinajstić information content (AvgIpc) is 3.03. The number of piperazine rings is 1. The van der Waals surface area contributed by atoms with Gasteiger partial charge in [0, 0.05) is 38.2 Å². The Morgan fingerprint density at radius 2 is 1.92 bits per heavy atom. The van der Waals surface area contributed by atoms with Gasteiger partial charge in [-0.15, -0.1) is 0 Å². The first-order chi connectivity index (χ1) is 11.4. The van der Waals surface area contributed by atoms with E-state index in [0.29, 0.717) is 31.7 Å². The Kier molecular flexibility index (Phi) is 4.60. The predicted molar refractivity (Wildman–Crippen MR) is 92.4 cm³/mol. The summed E-state index contributed by atoms with van der Waals surface area (Å²) in [6, 6.07) is 5.44. The molecule has 24 heavy (non-hydrogen) atoms. The standard InChI is InChI=1S/C16H22N4O3S/c1-3-15-17-13-6-5-12(11-14(13)18-15)16(21)19-7-9-20(10-8-19)24(22,23)4-2/h5-6,11H,3-4,7-10H2,1-2H3,(H,17,18). The van der Waals surface area contributed by atoms with E-state index in [-0.39, 0.29) is 11.7 Å². The van der Waals surface area contributed by atoms with Gasteiger partial charge in [0.15, 0.2) is 0 Å². The molecule has 1 saturated heterocycles. The number of rotatable bonds is 4. The lowest BCUT2D eigenvalue weighted by Gasteiger charge is -2.33. The maximum absolute atomic E-state index is 12.7. The van der Waals surface area contributed by atoms with Gasteiger partial charge in [0.2, 0.25) is 10.0 Å². The maximum atomic E-state index is 12.7. The lowest BCUT2D eigenvalue weighted by Crippen LogP contribution is -2.50. The van der Waals surface area contributed by atoms with Crippen LogP contribution in [0.1, 0.15) is 30.0 Å². The van der Waals surface area contributed by atoms with Crippen LogP contribution in [-0.2, 0) is 16.4 Å². The molecule has 0 unspecified atom stereocenters. The second kappa shape index (κ2) is 6.52. The number of carbonyl (C=O) groups is 1. The summed E-state index contributed by atoms with van der Waals surface area (Å²) in [5.41, 5.74) is 2.30. The van der Waals surface area contributed by atoms with Gasteiger partial charge in [-0.3, -0.25) is 4.79 Å². The van der Waals surface area contributed by atoms with Crippen molar-refractivity contribution in [2.75, 3.05) is 31.9 Å². The van der Waals surface area contributed by atoms with Crippen LogP contribution in [0.3, 0.4) is 0 Å². The summed E-state index contributed by atoms with van der Waals surface area (Å²) in [6.07, 6.45) is 0.811. The molecule has 0 aliphatic carbocycles. The second-order valence-corrected chi connectivity index (χ2v) is 8.12. The Morgan fingerprint density at radius 1 is 1.21 bits per heavy atom. The number of hydrogen-bond donors (Lipinski definition) is 1. The highest BCUT2D eigenvalue weighted by Crippen LogP contribution is 2.17. The smallest absolute Gasteiger partial charge is 0.254 e. The summed E-state index contributed by atoms with van der Waals surface area (Å²) in [5.74, 6) is 0.920. The van der Waals surface area contributed by atoms with Crippen molar-refractivity contribution >= 4 is 27.0 Å². The van der Waals surface area contributed by atoms with Crippen LogP contribution in [0.4, 0.5) is 0 Å². The molecule has 0 radical (unpaired) electrons. The first-order valence-electron chi connectivity index (χ1n) is 8.20. The molecule has 1 aromatic carbocycles. The van der Waals surface area contributed by atoms with Gasteiger partial charge in [0.05, 0.1) is 16.8 Å². The first-order valence-corrected chi connectivity index (χ1v) is 9.81. The summed E-state index contributed by atoms with van der Waals surface area (Å²) in [6.45, 7) is 5.20. The monoisotopic (exact) mass is 350 g/mol. The van der Waals surface area contributed by atoms with Crippen LogP contribution in [-0.4, -0.2) is 65.4 Å². The van der Waals surface area contributed by atoms with E-state index in [1.165, 1.54) is 4.31 Å². The summed E-state index contributed by atoms with van der Waals surface area (Å²) in [7, 11) is -3.18. The minimum atomic E-state index is -3.18. The maximum Gasteiger partial charge on any atom is 0.254 e. The zero-order valence-electron chi connectivity index (χ0n) is 13.9. The third kappa shape index (κ3) is 3.16. The van der Waals surface area contributed by atoms with Crippen LogP contribution in [0.15, 0.2) is 18.2 Å². The molecule has 130 valence electrons. The summed E-state index contributed by atoms with van der Waals surface area (Å²) in [4.78, 5) is 22.0. The third-order valence-corrected chi connectivity index (χ3v) is 6.28. The molecule has 1 N–H and O–H groups in total. The van der Waals surface area contributed by atoms with Crippen molar-refractivity contribution in [3.63, 3.8) is 0 Å². The number of carbonyl (C=O) groups excluding carboxylic acids is 1. The van der Waals surface area contributed by atoms with Crippen LogP contribution in [0.25, 0.3) is 11.0 Å². The van der Waals surface area contributed by atoms with Gasteiger partial charge in [-0.25, -0.2) is 13.4 Å². The zero-order chi connectivity index (χ0) is 17.3. The first kappa shape index (κ1) is 16.9. The van der Waals surface area contributed by atoms with E-state index < -0.39 is 10.0 Å². The SMILES string of the molecule is CCc1nc2ccc(C(=O)N3CCN(S(=O)(=O)CC)CC3)cc2[nH]1. The lowest BCUT2D eigenvalue weighted by atomic mass is 10.1. The number of nitrogens with one attached hydrogen (secondary N) is 1. The Labute approximate surface area is 141 Å². The third-order valence-electron chi connectivity index (χ3n) is 4.40.